The Balaban J connectivity index is 1.84. The Morgan fingerprint density at radius 1 is 0.923 bits per heavy atom. The maximum absolute atomic E-state index is 12.9. The van der Waals surface area contributed by atoms with Crippen LogP contribution in [0.4, 0.5) is 0 Å². The van der Waals surface area contributed by atoms with Crippen molar-refractivity contribution >= 4 is 20.0 Å². The van der Waals surface area contributed by atoms with Crippen molar-refractivity contribution in [2.24, 2.45) is 0 Å². The fraction of sp³-hybridized carbons (Fsp3) is 0.625. The van der Waals surface area contributed by atoms with Crippen LogP contribution in [0.1, 0.15) is 6.92 Å². The molecule has 0 radical (unpaired) electrons. The average molecular weight is 405 g/mol. The average Bonchev–Trinajstić information content (AvgIpc) is 2.69. The zero-order valence-electron chi connectivity index (χ0n) is 14.9. The smallest absolute Gasteiger partial charge is 0.243 e. The van der Waals surface area contributed by atoms with Gasteiger partial charge in [0, 0.05) is 13.1 Å². The second-order valence-corrected chi connectivity index (χ2v) is 10.4. The molecule has 26 heavy (non-hydrogen) atoms. The first-order valence-electron chi connectivity index (χ1n) is 8.87. The zero-order valence-corrected chi connectivity index (χ0v) is 16.6. The van der Waals surface area contributed by atoms with Crippen LogP contribution in [0.15, 0.2) is 34.1 Å². The molecule has 2 aliphatic heterocycles. The summed E-state index contributed by atoms with van der Waals surface area (Å²) in [5.74, 6) is 0. The number of quaternary nitrogens is 1. The van der Waals surface area contributed by atoms with E-state index < -0.39 is 20.0 Å². The highest BCUT2D eigenvalue weighted by atomic mass is 32.2. The highest BCUT2D eigenvalue weighted by Gasteiger charge is 2.32. The Bertz CT molecular complexity index is 827. The topological polar surface area (TPSA) is 88.4 Å². The minimum Gasteiger partial charge on any atom is -0.379 e. The quantitative estimate of drug-likeness (QED) is 0.653. The predicted octanol–water partition coefficient (Wildman–Crippen LogP) is -1.38. The standard InChI is InChI=1S/C16H25N3O5S2/c1-2-17-6-8-18(9-7-17)25(20,21)15-4-3-5-16(14-15)26(22,23)19-10-12-24-13-11-19/h3-5,14H,2,6-13H2,1H3/p+1. The molecule has 10 heteroatoms. The number of sulfonamides is 2. The molecule has 146 valence electrons. The van der Waals surface area contributed by atoms with Gasteiger partial charge in [-0.25, -0.2) is 16.8 Å². The van der Waals surface area contributed by atoms with Crippen molar-refractivity contribution in [1.29, 1.82) is 0 Å². The van der Waals surface area contributed by atoms with Crippen molar-refractivity contribution < 1.29 is 26.5 Å². The number of nitrogens with one attached hydrogen (secondary N) is 1. The predicted molar refractivity (Wildman–Crippen MR) is 96.0 cm³/mol. The number of rotatable bonds is 5. The molecule has 1 N–H and O–H groups in total. The van der Waals surface area contributed by atoms with Crippen molar-refractivity contribution in [3.05, 3.63) is 24.3 Å². The van der Waals surface area contributed by atoms with Gasteiger partial charge in [-0.3, -0.25) is 0 Å². The Morgan fingerprint density at radius 3 is 1.92 bits per heavy atom. The summed E-state index contributed by atoms with van der Waals surface area (Å²) in [7, 11) is -7.42. The molecule has 2 fully saturated rings. The first-order chi connectivity index (χ1) is 12.4. The van der Waals surface area contributed by atoms with E-state index in [0.29, 0.717) is 26.3 Å². The second-order valence-electron chi connectivity index (χ2n) is 6.50. The zero-order chi connectivity index (χ0) is 18.8. The Hall–Kier alpha value is -1.04. The lowest BCUT2D eigenvalue weighted by Crippen LogP contribution is -3.14. The van der Waals surface area contributed by atoms with E-state index in [1.165, 1.54) is 37.8 Å². The van der Waals surface area contributed by atoms with Gasteiger partial charge in [0.15, 0.2) is 0 Å². The van der Waals surface area contributed by atoms with E-state index in [2.05, 4.69) is 6.92 Å². The Morgan fingerprint density at radius 2 is 1.42 bits per heavy atom. The number of nitrogens with zero attached hydrogens (tertiary/aromatic N) is 2. The minimum atomic E-state index is -3.72. The van der Waals surface area contributed by atoms with Crippen LogP contribution >= 0.6 is 0 Å². The van der Waals surface area contributed by atoms with Gasteiger partial charge in [0.05, 0.1) is 55.7 Å². The van der Waals surface area contributed by atoms with E-state index >= 15 is 0 Å². The lowest BCUT2D eigenvalue weighted by atomic mass is 10.4. The van der Waals surface area contributed by atoms with E-state index in [4.69, 9.17) is 4.74 Å². The highest BCUT2D eigenvalue weighted by molar-refractivity contribution is 7.90. The summed E-state index contributed by atoms with van der Waals surface area (Å²) in [6.07, 6.45) is 0. The molecule has 0 unspecified atom stereocenters. The third-order valence-electron chi connectivity index (χ3n) is 4.98. The third kappa shape index (κ3) is 3.95. The number of hydrogen-bond donors (Lipinski definition) is 1. The van der Waals surface area contributed by atoms with Gasteiger partial charge in [0.2, 0.25) is 20.0 Å². The number of ether oxygens (including phenoxy) is 1. The van der Waals surface area contributed by atoms with Crippen LogP contribution in [0.5, 0.6) is 0 Å². The van der Waals surface area contributed by atoms with Crippen molar-refractivity contribution in [3.63, 3.8) is 0 Å². The molecule has 1 aromatic carbocycles. The van der Waals surface area contributed by atoms with Crippen LogP contribution in [-0.4, -0.2) is 84.5 Å². The monoisotopic (exact) mass is 404 g/mol. The first-order valence-corrected chi connectivity index (χ1v) is 11.8. The van der Waals surface area contributed by atoms with Crippen molar-refractivity contribution in [2.45, 2.75) is 16.7 Å². The van der Waals surface area contributed by atoms with Crippen LogP contribution in [0.3, 0.4) is 0 Å². The number of hydrogen-bond acceptors (Lipinski definition) is 5. The molecule has 0 saturated carbocycles. The van der Waals surface area contributed by atoms with E-state index in [-0.39, 0.29) is 22.9 Å². The SMILES string of the molecule is CC[NH+]1CCN(S(=O)(=O)c2cccc(S(=O)(=O)N3CCOCC3)c2)CC1. The minimum absolute atomic E-state index is 0.0123. The molecule has 0 atom stereocenters. The molecule has 2 saturated heterocycles. The Labute approximate surface area is 155 Å². The maximum Gasteiger partial charge on any atom is 0.243 e. The summed E-state index contributed by atoms with van der Waals surface area (Å²) in [6.45, 7) is 6.74. The fourth-order valence-corrected chi connectivity index (χ4v) is 6.29. The van der Waals surface area contributed by atoms with Gasteiger partial charge in [0.25, 0.3) is 0 Å². The normalized spacial score (nSPS) is 21.7. The van der Waals surface area contributed by atoms with Gasteiger partial charge in [0.1, 0.15) is 0 Å². The second kappa shape index (κ2) is 7.91. The maximum atomic E-state index is 12.9. The van der Waals surface area contributed by atoms with Crippen LogP contribution in [-0.2, 0) is 24.8 Å². The highest BCUT2D eigenvalue weighted by Crippen LogP contribution is 2.22. The van der Waals surface area contributed by atoms with Gasteiger partial charge in [-0.2, -0.15) is 8.61 Å². The summed E-state index contributed by atoms with van der Waals surface area (Å²) >= 11 is 0. The summed E-state index contributed by atoms with van der Waals surface area (Å²) in [5.41, 5.74) is 0. The third-order valence-corrected chi connectivity index (χ3v) is 8.77. The molecule has 0 spiro atoms. The molecule has 2 heterocycles. The van der Waals surface area contributed by atoms with E-state index in [0.717, 1.165) is 19.6 Å². The number of likely N-dealkylation sites (N-methyl/N-ethyl adjacent to an activating group) is 1. The molecule has 8 nitrogen and oxygen atoms in total. The fourth-order valence-electron chi connectivity index (χ4n) is 3.28. The van der Waals surface area contributed by atoms with Crippen LogP contribution in [0.2, 0.25) is 0 Å². The van der Waals surface area contributed by atoms with E-state index in [1.807, 2.05) is 0 Å². The molecule has 1 aromatic rings. The van der Waals surface area contributed by atoms with E-state index in [9.17, 15) is 16.8 Å². The molecule has 2 aliphatic rings. The molecule has 3 rings (SSSR count). The summed E-state index contributed by atoms with van der Waals surface area (Å²) in [4.78, 5) is 1.42. The van der Waals surface area contributed by atoms with Gasteiger partial charge in [-0.1, -0.05) is 6.07 Å². The molecule has 0 aromatic heterocycles. The van der Waals surface area contributed by atoms with Gasteiger partial charge < -0.3 is 9.64 Å². The number of piperazine rings is 1. The molecule has 0 amide bonds. The van der Waals surface area contributed by atoms with Gasteiger partial charge in [-0.05, 0) is 25.1 Å². The largest absolute Gasteiger partial charge is 0.379 e. The van der Waals surface area contributed by atoms with Crippen molar-refractivity contribution in [1.82, 2.24) is 8.61 Å². The summed E-state index contributed by atoms with van der Waals surface area (Å²) in [5, 5.41) is 0. The summed E-state index contributed by atoms with van der Waals surface area (Å²) < 4.78 is 59.4. The lowest BCUT2D eigenvalue weighted by Gasteiger charge is -2.31. The molecular weight excluding hydrogens is 378 g/mol. The van der Waals surface area contributed by atoms with E-state index in [1.54, 1.807) is 0 Å². The van der Waals surface area contributed by atoms with Crippen LogP contribution in [0.25, 0.3) is 0 Å². The van der Waals surface area contributed by atoms with Gasteiger partial charge >= 0.3 is 0 Å². The molecule has 0 bridgehead atoms. The first kappa shape index (κ1) is 19.7. The lowest BCUT2D eigenvalue weighted by molar-refractivity contribution is -0.901. The number of benzene rings is 1. The molecular formula is C16H26N3O5S2+. The van der Waals surface area contributed by atoms with Crippen molar-refractivity contribution in [2.75, 3.05) is 59.0 Å². The van der Waals surface area contributed by atoms with Crippen LogP contribution in [0, 0.1) is 0 Å². The molecule has 0 aliphatic carbocycles. The Kier molecular flexibility index (Phi) is 6.00. The van der Waals surface area contributed by atoms with Crippen molar-refractivity contribution in [3.8, 4) is 0 Å². The summed E-state index contributed by atoms with van der Waals surface area (Å²) in [6, 6.07) is 5.68. The van der Waals surface area contributed by atoms with Gasteiger partial charge in [-0.15, -0.1) is 0 Å². The van der Waals surface area contributed by atoms with Crippen LogP contribution < -0.4 is 4.90 Å². The number of morpholine rings is 1.